The Morgan fingerprint density at radius 2 is 1.88 bits per heavy atom. The molecule has 0 bridgehead atoms. The van der Waals surface area contributed by atoms with Crippen molar-refractivity contribution in [2.75, 3.05) is 5.75 Å². The van der Waals surface area contributed by atoms with Crippen molar-refractivity contribution in [2.45, 2.75) is 13.3 Å². The zero-order chi connectivity index (χ0) is 12.2. The van der Waals surface area contributed by atoms with Crippen LogP contribution in [-0.4, -0.2) is 20.1 Å². The first kappa shape index (κ1) is 12.5. The zero-order valence-electron chi connectivity index (χ0n) is 8.84. The Hall–Kier alpha value is -1.56. The molecule has 2 N–H and O–H groups in total. The summed E-state index contributed by atoms with van der Waals surface area (Å²) in [6.45, 7) is 1.88. The molecule has 6 heteroatoms. The van der Waals surface area contributed by atoms with Crippen molar-refractivity contribution in [3.8, 4) is 5.75 Å². The fourth-order valence-corrected chi connectivity index (χ4v) is 1.95. The molecule has 0 saturated carbocycles. The van der Waals surface area contributed by atoms with Crippen LogP contribution < -0.4 is 9.92 Å². The number of amides is 1. The standard InChI is InChI=1S/C10H13NO4S/c1-8-2-4-9(5-3-8)15-16(13,14)7-6-10(11)12/h2-5H,6-7H2,1H3,(H2,11,12). The molecule has 1 amide bonds. The van der Waals surface area contributed by atoms with Crippen LogP contribution in [0.15, 0.2) is 24.3 Å². The molecule has 16 heavy (non-hydrogen) atoms. The van der Waals surface area contributed by atoms with Gasteiger partial charge in [-0.25, -0.2) is 0 Å². The lowest BCUT2D eigenvalue weighted by atomic mass is 10.2. The summed E-state index contributed by atoms with van der Waals surface area (Å²) in [5.74, 6) is -0.845. The second kappa shape index (κ2) is 4.98. The highest BCUT2D eigenvalue weighted by atomic mass is 32.2. The second-order valence-electron chi connectivity index (χ2n) is 3.37. The lowest BCUT2D eigenvalue weighted by Crippen LogP contribution is -2.20. The van der Waals surface area contributed by atoms with Crippen LogP contribution in [0, 0.1) is 6.92 Å². The highest BCUT2D eigenvalue weighted by Gasteiger charge is 2.13. The average Bonchev–Trinajstić information content (AvgIpc) is 2.19. The largest absolute Gasteiger partial charge is 0.382 e. The van der Waals surface area contributed by atoms with Gasteiger partial charge >= 0.3 is 10.1 Å². The van der Waals surface area contributed by atoms with Gasteiger partial charge < -0.3 is 9.92 Å². The zero-order valence-corrected chi connectivity index (χ0v) is 9.66. The first-order valence-electron chi connectivity index (χ1n) is 4.66. The number of hydrogen-bond acceptors (Lipinski definition) is 4. The molecule has 0 heterocycles. The van der Waals surface area contributed by atoms with Crippen molar-refractivity contribution in [1.29, 1.82) is 0 Å². The van der Waals surface area contributed by atoms with E-state index in [0.29, 0.717) is 0 Å². The summed E-state index contributed by atoms with van der Waals surface area (Å²) in [5.41, 5.74) is 5.86. The predicted octanol–water partition coefficient (Wildman–Crippen LogP) is 0.579. The van der Waals surface area contributed by atoms with E-state index in [9.17, 15) is 13.2 Å². The molecule has 0 aliphatic carbocycles. The van der Waals surface area contributed by atoms with Crippen molar-refractivity contribution in [3.63, 3.8) is 0 Å². The van der Waals surface area contributed by atoms with Gasteiger partial charge in [-0.1, -0.05) is 17.7 Å². The van der Waals surface area contributed by atoms with Crippen molar-refractivity contribution >= 4 is 16.0 Å². The van der Waals surface area contributed by atoms with Gasteiger partial charge in [-0.3, -0.25) is 4.79 Å². The van der Waals surface area contributed by atoms with E-state index in [2.05, 4.69) is 0 Å². The second-order valence-corrected chi connectivity index (χ2v) is 5.06. The first-order valence-corrected chi connectivity index (χ1v) is 6.24. The number of carbonyl (C=O) groups is 1. The van der Waals surface area contributed by atoms with Gasteiger partial charge in [0.1, 0.15) is 5.75 Å². The quantitative estimate of drug-likeness (QED) is 0.766. The fraction of sp³-hybridized carbons (Fsp3) is 0.300. The van der Waals surface area contributed by atoms with E-state index in [1.54, 1.807) is 24.3 Å². The summed E-state index contributed by atoms with van der Waals surface area (Å²) in [6.07, 6.45) is -0.242. The smallest absolute Gasteiger partial charge is 0.309 e. The van der Waals surface area contributed by atoms with E-state index < -0.39 is 21.8 Å². The molecule has 0 spiro atoms. The maximum absolute atomic E-state index is 11.4. The molecule has 1 rings (SSSR count). The summed E-state index contributed by atoms with van der Waals surface area (Å²) in [5, 5.41) is 0. The van der Waals surface area contributed by atoms with E-state index in [1.165, 1.54) is 0 Å². The Kier molecular flexibility index (Phi) is 3.89. The third kappa shape index (κ3) is 4.31. The molecule has 0 aromatic heterocycles. The molecular formula is C10H13NO4S. The molecular weight excluding hydrogens is 230 g/mol. The molecule has 1 aromatic rings. The molecule has 0 aliphatic rings. The Bertz CT molecular complexity index is 464. The van der Waals surface area contributed by atoms with Gasteiger partial charge in [-0.2, -0.15) is 8.42 Å². The molecule has 0 saturated heterocycles. The lowest BCUT2D eigenvalue weighted by molar-refractivity contribution is -0.117. The van der Waals surface area contributed by atoms with E-state index in [0.717, 1.165) is 5.56 Å². The van der Waals surface area contributed by atoms with Gasteiger partial charge in [0.25, 0.3) is 0 Å². The highest BCUT2D eigenvalue weighted by molar-refractivity contribution is 7.87. The summed E-state index contributed by atoms with van der Waals surface area (Å²) in [4.78, 5) is 10.4. The van der Waals surface area contributed by atoms with Gasteiger partial charge in [0.05, 0.1) is 5.75 Å². The van der Waals surface area contributed by atoms with Gasteiger partial charge in [0.2, 0.25) is 5.91 Å². The number of rotatable bonds is 5. The van der Waals surface area contributed by atoms with Crippen LogP contribution in [0.3, 0.4) is 0 Å². The minimum atomic E-state index is -3.74. The summed E-state index contributed by atoms with van der Waals surface area (Å²) < 4.78 is 27.5. The molecule has 5 nitrogen and oxygen atoms in total. The van der Waals surface area contributed by atoms with Crippen LogP contribution >= 0.6 is 0 Å². The van der Waals surface area contributed by atoms with Crippen molar-refractivity contribution in [1.82, 2.24) is 0 Å². The fourth-order valence-electron chi connectivity index (χ4n) is 1.01. The van der Waals surface area contributed by atoms with Crippen LogP contribution in [0.2, 0.25) is 0 Å². The maximum Gasteiger partial charge on any atom is 0.309 e. The lowest BCUT2D eigenvalue weighted by Gasteiger charge is -2.05. The van der Waals surface area contributed by atoms with E-state index in [-0.39, 0.29) is 12.2 Å². The van der Waals surface area contributed by atoms with E-state index in [4.69, 9.17) is 9.92 Å². The third-order valence-electron chi connectivity index (χ3n) is 1.84. The van der Waals surface area contributed by atoms with E-state index in [1.807, 2.05) is 6.92 Å². The topological polar surface area (TPSA) is 86.5 Å². The van der Waals surface area contributed by atoms with E-state index >= 15 is 0 Å². The molecule has 0 atom stereocenters. The third-order valence-corrected chi connectivity index (χ3v) is 2.99. The van der Waals surface area contributed by atoms with Gasteiger partial charge in [0.15, 0.2) is 0 Å². The number of aryl methyl sites for hydroxylation is 1. The van der Waals surface area contributed by atoms with Crippen LogP contribution in [0.5, 0.6) is 5.75 Å². The molecule has 0 fully saturated rings. The molecule has 88 valence electrons. The molecule has 0 unspecified atom stereocenters. The number of nitrogens with two attached hydrogens (primary N) is 1. The summed E-state index contributed by atoms with van der Waals surface area (Å²) >= 11 is 0. The minimum absolute atomic E-state index is 0.232. The predicted molar refractivity (Wildman–Crippen MR) is 59.4 cm³/mol. The number of carbonyl (C=O) groups excluding carboxylic acids is 1. The van der Waals surface area contributed by atoms with Crippen molar-refractivity contribution < 1.29 is 17.4 Å². The summed E-state index contributed by atoms with van der Waals surface area (Å²) in [7, 11) is -3.74. The maximum atomic E-state index is 11.4. The van der Waals surface area contributed by atoms with Gasteiger partial charge in [0, 0.05) is 6.42 Å². The van der Waals surface area contributed by atoms with Crippen LogP contribution in [0.1, 0.15) is 12.0 Å². The number of hydrogen-bond donors (Lipinski definition) is 1. The van der Waals surface area contributed by atoms with Crippen molar-refractivity contribution in [3.05, 3.63) is 29.8 Å². The Labute approximate surface area is 94.3 Å². The van der Waals surface area contributed by atoms with Gasteiger partial charge in [-0.15, -0.1) is 0 Å². The Balaban J connectivity index is 2.65. The normalized spacial score (nSPS) is 11.1. The Morgan fingerprint density at radius 3 is 2.38 bits per heavy atom. The molecule has 0 radical (unpaired) electrons. The number of primary amides is 1. The van der Waals surface area contributed by atoms with Crippen LogP contribution in [0.25, 0.3) is 0 Å². The molecule has 0 aliphatic heterocycles. The average molecular weight is 243 g/mol. The van der Waals surface area contributed by atoms with Crippen LogP contribution in [0.4, 0.5) is 0 Å². The Morgan fingerprint density at radius 1 is 1.31 bits per heavy atom. The minimum Gasteiger partial charge on any atom is -0.382 e. The van der Waals surface area contributed by atoms with Gasteiger partial charge in [-0.05, 0) is 19.1 Å². The number of benzene rings is 1. The SMILES string of the molecule is Cc1ccc(OS(=O)(=O)CCC(N)=O)cc1. The van der Waals surface area contributed by atoms with Crippen molar-refractivity contribution in [2.24, 2.45) is 5.73 Å². The molecule has 1 aromatic carbocycles. The highest BCUT2D eigenvalue weighted by Crippen LogP contribution is 2.14. The first-order chi connectivity index (χ1) is 7.39. The van der Waals surface area contributed by atoms with Crippen LogP contribution in [-0.2, 0) is 14.9 Å². The monoisotopic (exact) mass is 243 g/mol. The summed E-state index contributed by atoms with van der Waals surface area (Å²) in [6, 6.07) is 6.58.